The van der Waals surface area contributed by atoms with E-state index in [1.807, 2.05) is 0 Å². The van der Waals surface area contributed by atoms with Crippen LogP contribution in [0.25, 0.3) is 0 Å². The summed E-state index contributed by atoms with van der Waals surface area (Å²) in [5.74, 6) is 0. The molecule has 1 atom stereocenters. The average molecular weight is 200 g/mol. The van der Waals surface area contributed by atoms with E-state index in [1.165, 1.54) is 0 Å². The molecule has 0 aliphatic carbocycles. The molecule has 0 saturated carbocycles. The SMILES string of the molecule is CN(C)CCN1CC(O)CCC1(C)C. The Kier molecular flexibility index (Phi) is 3.93. The Labute approximate surface area is 87.7 Å². The molecule has 0 amide bonds. The van der Waals surface area contributed by atoms with Gasteiger partial charge in [-0.2, -0.15) is 0 Å². The summed E-state index contributed by atoms with van der Waals surface area (Å²) >= 11 is 0. The fraction of sp³-hybridized carbons (Fsp3) is 1.00. The van der Waals surface area contributed by atoms with E-state index in [4.69, 9.17) is 0 Å². The maximum absolute atomic E-state index is 9.62. The minimum atomic E-state index is -0.120. The molecule has 1 N–H and O–H groups in total. The number of hydrogen-bond donors (Lipinski definition) is 1. The Balaban J connectivity index is 2.46. The lowest BCUT2D eigenvalue weighted by Gasteiger charge is -2.44. The monoisotopic (exact) mass is 200 g/mol. The molecule has 1 aliphatic heterocycles. The molecule has 1 aliphatic rings. The Morgan fingerprint density at radius 2 is 2.07 bits per heavy atom. The van der Waals surface area contributed by atoms with Crippen molar-refractivity contribution in [1.82, 2.24) is 9.80 Å². The largest absolute Gasteiger partial charge is 0.392 e. The lowest BCUT2D eigenvalue weighted by Crippen LogP contribution is -2.53. The second kappa shape index (κ2) is 4.60. The van der Waals surface area contributed by atoms with Crippen LogP contribution in [0.4, 0.5) is 0 Å². The van der Waals surface area contributed by atoms with Crippen molar-refractivity contribution in [3.05, 3.63) is 0 Å². The van der Waals surface area contributed by atoms with Crippen LogP contribution in [0, 0.1) is 0 Å². The third-order valence-electron chi connectivity index (χ3n) is 3.19. The highest BCUT2D eigenvalue weighted by Gasteiger charge is 2.32. The molecule has 0 bridgehead atoms. The zero-order valence-corrected chi connectivity index (χ0v) is 9.95. The number of hydrogen-bond acceptors (Lipinski definition) is 3. The summed E-state index contributed by atoms with van der Waals surface area (Å²) < 4.78 is 0. The van der Waals surface area contributed by atoms with Crippen LogP contribution in [0.5, 0.6) is 0 Å². The minimum absolute atomic E-state index is 0.120. The molecule has 84 valence electrons. The number of aliphatic hydroxyl groups is 1. The van der Waals surface area contributed by atoms with Crippen molar-refractivity contribution in [3.8, 4) is 0 Å². The highest BCUT2D eigenvalue weighted by molar-refractivity contribution is 4.88. The number of likely N-dealkylation sites (N-methyl/N-ethyl adjacent to an activating group) is 1. The van der Waals surface area contributed by atoms with Crippen LogP contribution in [-0.2, 0) is 0 Å². The minimum Gasteiger partial charge on any atom is -0.392 e. The second-order valence-corrected chi connectivity index (χ2v) is 5.25. The Hall–Kier alpha value is -0.120. The molecular formula is C11H24N2O. The predicted molar refractivity (Wildman–Crippen MR) is 59.4 cm³/mol. The molecular weight excluding hydrogens is 176 g/mol. The maximum Gasteiger partial charge on any atom is 0.0668 e. The first-order valence-electron chi connectivity index (χ1n) is 5.49. The van der Waals surface area contributed by atoms with Crippen molar-refractivity contribution >= 4 is 0 Å². The van der Waals surface area contributed by atoms with Gasteiger partial charge in [-0.15, -0.1) is 0 Å². The van der Waals surface area contributed by atoms with E-state index >= 15 is 0 Å². The molecule has 0 spiro atoms. The van der Waals surface area contributed by atoms with Gasteiger partial charge in [0.1, 0.15) is 0 Å². The van der Waals surface area contributed by atoms with Crippen LogP contribution >= 0.6 is 0 Å². The van der Waals surface area contributed by atoms with Crippen molar-refractivity contribution in [3.63, 3.8) is 0 Å². The van der Waals surface area contributed by atoms with Crippen LogP contribution in [-0.4, -0.2) is 60.3 Å². The van der Waals surface area contributed by atoms with Crippen LogP contribution in [0.1, 0.15) is 26.7 Å². The number of rotatable bonds is 3. The molecule has 0 aromatic carbocycles. The van der Waals surface area contributed by atoms with E-state index in [2.05, 4.69) is 37.7 Å². The van der Waals surface area contributed by atoms with E-state index in [-0.39, 0.29) is 11.6 Å². The molecule has 0 radical (unpaired) electrons. The standard InChI is InChI=1S/C11H24N2O/c1-11(2)6-5-10(14)9-13(11)8-7-12(3)4/h10,14H,5-9H2,1-4H3. The smallest absolute Gasteiger partial charge is 0.0668 e. The fourth-order valence-electron chi connectivity index (χ4n) is 1.99. The van der Waals surface area contributed by atoms with Gasteiger partial charge in [-0.25, -0.2) is 0 Å². The summed E-state index contributed by atoms with van der Waals surface area (Å²) in [7, 11) is 4.18. The van der Waals surface area contributed by atoms with Gasteiger partial charge in [0.15, 0.2) is 0 Å². The van der Waals surface area contributed by atoms with E-state index in [1.54, 1.807) is 0 Å². The fourth-order valence-corrected chi connectivity index (χ4v) is 1.99. The van der Waals surface area contributed by atoms with Gasteiger partial charge in [-0.3, -0.25) is 4.90 Å². The van der Waals surface area contributed by atoms with Gasteiger partial charge in [-0.05, 0) is 40.8 Å². The van der Waals surface area contributed by atoms with E-state index in [9.17, 15) is 5.11 Å². The van der Waals surface area contributed by atoms with Crippen LogP contribution in [0.15, 0.2) is 0 Å². The first kappa shape index (κ1) is 12.0. The summed E-state index contributed by atoms with van der Waals surface area (Å²) in [6.07, 6.45) is 1.93. The van der Waals surface area contributed by atoms with Gasteiger partial charge in [-0.1, -0.05) is 0 Å². The van der Waals surface area contributed by atoms with E-state index in [0.717, 1.165) is 32.5 Å². The van der Waals surface area contributed by atoms with Gasteiger partial charge in [0, 0.05) is 25.2 Å². The lowest BCUT2D eigenvalue weighted by atomic mass is 9.89. The molecule has 1 fully saturated rings. The molecule has 1 unspecified atom stereocenters. The molecule has 1 saturated heterocycles. The van der Waals surface area contributed by atoms with Gasteiger partial charge < -0.3 is 10.0 Å². The zero-order valence-electron chi connectivity index (χ0n) is 9.95. The molecule has 0 aromatic heterocycles. The van der Waals surface area contributed by atoms with Crippen LogP contribution in [0.2, 0.25) is 0 Å². The van der Waals surface area contributed by atoms with Gasteiger partial charge >= 0.3 is 0 Å². The number of likely N-dealkylation sites (tertiary alicyclic amines) is 1. The Morgan fingerprint density at radius 1 is 1.43 bits per heavy atom. The second-order valence-electron chi connectivity index (χ2n) is 5.25. The summed E-state index contributed by atoms with van der Waals surface area (Å²) in [4.78, 5) is 4.60. The Morgan fingerprint density at radius 3 is 2.64 bits per heavy atom. The van der Waals surface area contributed by atoms with E-state index in [0.29, 0.717) is 0 Å². The highest BCUT2D eigenvalue weighted by Crippen LogP contribution is 2.26. The summed E-state index contributed by atoms with van der Waals surface area (Å²) in [5.41, 5.74) is 0.259. The topological polar surface area (TPSA) is 26.7 Å². The summed E-state index contributed by atoms with van der Waals surface area (Å²) in [5, 5.41) is 9.62. The molecule has 1 heterocycles. The number of nitrogens with zero attached hydrogens (tertiary/aromatic N) is 2. The number of aliphatic hydroxyl groups excluding tert-OH is 1. The molecule has 1 rings (SSSR count). The first-order valence-corrected chi connectivity index (χ1v) is 5.49. The maximum atomic E-state index is 9.62. The third-order valence-corrected chi connectivity index (χ3v) is 3.19. The molecule has 3 nitrogen and oxygen atoms in total. The van der Waals surface area contributed by atoms with Crippen LogP contribution < -0.4 is 0 Å². The van der Waals surface area contributed by atoms with Crippen molar-refractivity contribution in [2.45, 2.75) is 38.3 Å². The predicted octanol–water partition coefficient (Wildman–Crippen LogP) is 0.783. The normalized spacial score (nSPS) is 28.3. The van der Waals surface area contributed by atoms with Gasteiger partial charge in [0.2, 0.25) is 0 Å². The quantitative estimate of drug-likeness (QED) is 0.729. The summed E-state index contributed by atoms with van der Waals surface area (Å²) in [6.45, 7) is 7.50. The molecule has 0 aromatic rings. The van der Waals surface area contributed by atoms with Crippen molar-refractivity contribution in [2.75, 3.05) is 33.7 Å². The number of β-amino-alcohol motifs (C(OH)–C–C–N with tert-alkyl or cyclic N) is 1. The van der Waals surface area contributed by atoms with Crippen molar-refractivity contribution < 1.29 is 5.11 Å². The van der Waals surface area contributed by atoms with Crippen molar-refractivity contribution in [2.24, 2.45) is 0 Å². The first-order chi connectivity index (χ1) is 6.42. The van der Waals surface area contributed by atoms with Crippen LogP contribution in [0.3, 0.4) is 0 Å². The zero-order chi connectivity index (χ0) is 10.8. The highest BCUT2D eigenvalue weighted by atomic mass is 16.3. The van der Waals surface area contributed by atoms with E-state index < -0.39 is 0 Å². The molecule has 3 heteroatoms. The summed E-state index contributed by atoms with van der Waals surface area (Å²) in [6, 6.07) is 0. The third kappa shape index (κ3) is 3.23. The van der Waals surface area contributed by atoms with Gasteiger partial charge in [0.05, 0.1) is 6.10 Å². The Bertz CT molecular complexity index is 180. The number of piperidine rings is 1. The average Bonchev–Trinajstić information content (AvgIpc) is 2.07. The van der Waals surface area contributed by atoms with Crippen molar-refractivity contribution in [1.29, 1.82) is 0 Å². The lowest BCUT2D eigenvalue weighted by molar-refractivity contribution is -0.00692. The van der Waals surface area contributed by atoms with Gasteiger partial charge in [0.25, 0.3) is 0 Å². The molecule has 14 heavy (non-hydrogen) atoms.